The largest absolute Gasteiger partial charge is 0.508 e. The van der Waals surface area contributed by atoms with Crippen molar-refractivity contribution in [2.75, 3.05) is 0 Å². The zero-order valence-electron chi connectivity index (χ0n) is 15.1. The molecule has 0 heterocycles. The summed E-state index contributed by atoms with van der Waals surface area (Å²) in [4.78, 5) is 0. The Morgan fingerprint density at radius 1 is 0.875 bits per heavy atom. The van der Waals surface area contributed by atoms with E-state index in [0.717, 1.165) is 6.42 Å². The summed E-state index contributed by atoms with van der Waals surface area (Å²) >= 11 is 0. The summed E-state index contributed by atoms with van der Waals surface area (Å²) in [6.07, 6.45) is 2.33. The Labute approximate surface area is 145 Å². The molecule has 24 heavy (non-hydrogen) atoms. The van der Waals surface area contributed by atoms with Crippen LogP contribution in [0.4, 0.5) is 0 Å². The molecule has 128 valence electrons. The maximum atomic E-state index is 9.66. The van der Waals surface area contributed by atoms with E-state index >= 15 is 0 Å². The van der Waals surface area contributed by atoms with Crippen molar-refractivity contribution in [1.82, 2.24) is 0 Å². The minimum atomic E-state index is -0.0304. The van der Waals surface area contributed by atoms with Crippen molar-refractivity contribution >= 4 is 0 Å². The Hall–Kier alpha value is -1.96. The Bertz CT molecular complexity index is 647. The second-order valence-electron chi connectivity index (χ2n) is 8.58. The average molecular weight is 324 g/mol. The van der Waals surface area contributed by atoms with E-state index in [0.29, 0.717) is 28.7 Å². The zero-order valence-corrected chi connectivity index (χ0v) is 15.1. The molecule has 0 aromatic heterocycles. The van der Waals surface area contributed by atoms with Crippen molar-refractivity contribution in [2.24, 2.45) is 17.3 Å². The van der Waals surface area contributed by atoms with Crippen LogP contribution in [0, 0.1) is 17.3 Å². The predicted octanol–water partition coefficient (Wildman–Crippen LogP) is 5.48. The van der Waals surface area contributed by atoms with Gasteiger partial charge in [-0.1, -0.05) is 52.0 Å². The maximum Gasteiger partial charge on any atom is 0.115 e. The summed E-state index contributed by atoms with van der Waals surface area (Å²) in [6, 6.07) is 15.3. The van der Waals surface area contributed by atoms with Crippen molar-refractivity contribution in [2.45, 2.75) is 46.0 Å². The first-order chi connectivity index (χ1) is 11.2. The number of phenolic OH excluding ortho intramolecular Hbond substituents is 2. The molecule has 0 radical (unpaired) electrons. The van der Waals surface area contributed by atoms with Gasteiger partial charge in [0.05, 0.1) is 0 Å². The number of hydrogen-bond donors (Lipinski definition) is 2. The summed E-state index contributed by atoms with van der Waals surface area (Å²) in [5, 5.41) is 19.3. The third kappa shape index (κ3) is 2.90. The van der Waals surface area contributed by atoms with Gasteiger partial charge in [-0.3, -0.25) is 0 Å². The topological polar surface area (TPSA) is 40.5 Å². The highest BCUT2D eigenvalue weighted by atomic mass is 16.3. The van der Waals surface area contributed by atoms with E-state index < -0.39 is 0 Å². The van der Waals surface area contributed by atoms with E-state index in [4.69, 9.17) is 0 Å². The molecule has 2 atom stereocenters. The van der Waals surface area contributed by atoms with Crippen LogP contribution in [0.15, 0.2) is 48.5 Å². The monoisotopic (exact) mass is 324 g/mol. The third-order valence-electron chi connectivity index (χ3n) is 5.71. The maximum absolute atomic E-state index is 9.66. The summed E-state index contributed by atoms with van der Waals surface area (Å²) in [7, 11) is 0. The summed E-state index contributed by atoms with van der Waals surface area (Å²) < 4.78 is 0. The average Bonchev–Trinajstić information content (AvgIpc) is 2.52. The minimum Gasteiger partial charge on any atom is -0.508 e. The van der Waals surface area contributed by atoms with Crippen LogP contribution in [0.5, 0.6) is 11.5 Å². The van der Waals surface area contributed by atoms with Crippen molar-refractivity contribution in [3.05, 3.63) is 59.7 Å². The van der Waals surface area contributed by atoms with Gasteiger partial charge in [0.2, 0.25) is 0 Å². The molecule has 2 unspecified atom stereocenters. The lowest BCUT2D eigenvalue weighted by atomic mass is 9.47. The molecule has 0 saturated heterocycles. The van der Waals surface area contributed by atoms with Crippen LogP contribution in [-0.2, 0) is 5.41 Å². The Morgan fingerprint density at radius 3 is 1.62 bits per heavy atom. The number of aromatic hydroxyl groups is 2. The van der Waals surface area contributed by atoms with Gasteiger partial charge in [0, 0.05) is 5.41 Å². The lowest BCUT2D eigenvalue weighted by Gasteiger charge is -2.56. The van der Waals surface area contributed by atoms with Crippen LogP contribution in [-0.4, -0.2) is 10.2 Å². The van der Waals surface area contributed by atoms with Crippen LogP contribution >= 0.6 is 0 Å². The van der Waals surface area contributed by atoms with Crippen LogP contribution < -0.4 is 0 Å². The molecule has 0 aliphatic heterocycles. The highest BCUT2D eigenvalue weighted by molar-refractivity contribution is 5.46. The van der Waals surface area contributed by atoms with E-state index in [1.165, 1.54) is 17.5 Å². The fraction of sp³-hybridized carbons (Fsp3) is 0.455. The molecule has 1 aliphatic carbocycles. The highest BCUT2D eigenvalue weighted by Gasteiger charge is 2.53. The van der Waals surface area contributed by atoms with E-state index in [1.807, 2.05) is 24.3 Å². The van der Waals surface area contributed by atoms with E-state index in [1.54, 1.807) is 24.3 Å². The molecule has 1 fully saturated rings. The quantitative estimate of drug-likeness (QED) is 0.785. The molecule has 1 saturated carbocycles. The van der Waals surface area contributed by atoms with Gasteiger partial charge in [-0.25, -0.2) is 0 Å². The van der Waals surface area contributed by atoms with Crippen LogP contribution in [0.1, 0.15) is 51.7 Å². The van der Waals surface area contributed by atoms with Crippen molar-refractivity contribution in [3.8, 4) is 11.5 Å². The number of hydrogen-bond acceptors (Lipinski definition) is 2. The highest BCUT2D eigenvalue weighted by Crippen LogP contribution is 2.59. The summed E-state index contributed by atoms with van der Waals surface area (Å²) in [5.74, 6) is 1.81. The van der Waals surface area contributed by atoms with Gasteiger partial charge >= 0.3 is 0 Å². The summed E-state index contributed by atoms with van der Waals surface area (Å²) in [5.41, 5.74) is 2.80. The number of rotatable bonds is 3. The van der Waals surface area contributed by atoms with Crippen molar-refractivity contribution in [1.29, 1.82) is 0 Å². The lowest BCUT2D eigenvalue weighted by molar-refractivity contribution is 0.0435. The normalized spacial score (nSPS) is 22.8. The fourth-order valence-electron chi connectivity index (χ4n) is 4.50. The molecule has 0 bridgehead atoms. The second-order valence-corrected chi connectivity index (χ2v) is 8.58. The zero-order chi connectivity index (χ0) is 17.5. The van der Waals surface area contributed by atoms with E-state index in [2.05, 4.69) is 27.7 Å². The van der Waals surface area contributed by atoms with Gasteiger partial charge in [0.15, 0.2) is 0 Å². The summed E-state index contributed by atoms with van der Waals surface area (Å²) in [6.45, 7) is 9.27. The Morgan fingerprint density at radius 2 is 1.29 bits per heavy atom. The van der Waals surface area contributed by atoms with Crippen molar-refractivity contribution < 1.29 is 10.2 Å². The molecule has 2 aromatic carbocycles. The first-order valence-corrected chi connectivity index (χ1v) is 8.81. The molecule has 2 heteroatoms. The smallest absolute Gasteiger partial charge is 0.115 e. The van der Waals surface area contributed by atoms with Crippen LogP contribution in [0.2, 0.25) is 0 Å². The van der Waals surface area contributed by atoms with E-state index in [9.17, 15) is 10.2 Å². The predicted molar refractivity (Wildman–Crippen MR) is 98.3 cm³/mol. The van der Waals surface area contributed by atoms with Gasteiger partial charge in [0.1, 0.15) is 11.5 Å². The standard InChI is InChI=1S/C22H28O2/c1-15-16(13-21(2,3)4)14-22(15,17-5-9-19(23)10-6-17)18-7-11-20(24)12-8-18/h5-12,15-16,23-24H,13-14H2,1-4H3. The Kier molecular flexibility index (Phi) is 4.11. The van der Waals surface area contributed by atoms with Crippen LogP contribution in [0.25, 0.3) is 0 Å². The number of benzene rings is 2. The van der Waals surface area contributed by atoms with E-state index in [-0.39, 0.29) is 5.41 Å². The molecule has 0 spiro atoms. The SMILES string of the molecule is CC1C(CC(C)(C)C)CC1(c1ccc(O)cc1)c1ccc(O)cc1. The minimum absolute atomic E-state index is 0.0304. The van der Waals surface area contributed by atoms with Gasteiger partial charge in [0.25, 0.3) is 0 Å². The first kappa shape index (κ1) is 16.9. The van der Waals surface area contributed by atoms with Gasteiger partial charge in [-0.2, -0.15) is 0 Å². The fourth-order valence-corrected chi connectivity index (χ4v) is 4.50. The number of phenols is 2. The molecule has 2 N–H and O–H groups in total. The molecule has 2 nitrogen and oxygen atoms in total. The lowest BCUT2D eigenvalue weighted by Crippen LogP contribution is -2.51. The van der Waals surface area contributed by atoms with Gasteiger partial charge in [-0.05, 0) is 65.5 Å². The first-order valence-electron chi connectivity index (χ1n) is 8.81. The molecule has 3 rings (SSSR count). The van der Waals surface area contributed by atoms with Gasteiger partial charge in [-0.15, -0.1) is 0 Å². The van der Waals surface area contributed by atoms with Gasteiger partial charge < -0.3 is 10.2 Å². The molecule has 2 aromatic rings. The Balaban J connectivity index is 2.00. The molecule has 0 amide bonds. The van der Waals surface area contributed by atoms with Crippen molar-refractivity contribution in [3.63, 3.8) is 0 Å². The second kappa shape index (κ2) is 5.84. The molecule has 1 aliphatic rings. The molecular formula is C22H28O2. The molecular weight excluding hydrogens is 296 g/mol. The van der Waals surface area contributed by atoms with Crippen LogP contribution in [0.3, 0.4) is 0 Å². The third-order valence-corrected chi connectivity index (χ3v) is 5.71.